The van der Waals surface area contributed by atoms with Crippen LogP contribution in [0.2, 0.25) is 5.02 Å². The van der Waals surface area contributed by atoms with Crippen LogP contribution in [-0.2, 0) is 27.6 Å². The Hall–Kier alpha value is -2.13. The number of hydrogen-bond acceptors (Lipinski definition) is 6. The van der Waals surface area contributed by atoms with Crippen LogP contribution in [0.25, 0.3) is 0 Å². The van der Waals surface area contributed by atoms with Crippen LogP contribution in [0.5, 0.6) is 5.75 Å². The number of anilines is 1. The summed E-state index contributed by atoms with van der Waals surface area (Å²) >= 11 is 6.40. The number of benzene rings is 2. The smallest absolute Gasteiger partial charge is 0.263 e. The molecule has 2 aromatic rings. The highest BCUT2D eigenvalue weighted by Crippen LogP contribution is 2.47. The second-order valence-corrected chi connectivity index (χ2v) is 14.7. The zero-order chi connectivity index (χ0) is 30.6. The van der Waals surface area contributed by atoms with Crippen LogP contribution in [-0.4, -0.2) is 60.5 Å². The van der Waals surface area contributed by atoms with Crippen LogP contribution in [0.4, 0.5) is 5.69 Å². The highest BCUT2D eigenvalue weighted by molar-refractivity contribution is 7.84. The number of carbonyl (C=O) groups excluding carboxylic acids is 1. The quantitative estimate of drug-likeness (QED) is 0.390. The number of aliphatic hydroxyl groups excluding tert-OH is 1. The summed E-state index contributed by atoms with van der Waals surface area (Å²) in [7, 11) is 1.79. The molecule has 4 aliphatic rings. The first kappa shape index (κ1) is 32.3. The van der Waals surface area contributed by atoms with E-state index < -0.39 is 11.0 Å². The third kappa shape index (κ3) is 7.08. The summed E-state index contributed by atoms with van der Waals surface area (Å²) in [4.78, 5) is 15.7. The van der Waals surface area contributed by atoms with Gasteiger partial charge in [0.2, 0.25) is 0 Å². The van der Waals surface area contributed by atoms with Crippen LogP contribution in [0.3, 0.4) is 0 Å². The molecule has 0 saturated heterocycles. The van der Waals surface area contributed by atoms with Gasteiger partial charge in [-0.15, -0.1) is 0 Å². The lowest BCUT2D eigenvalue weighted by Gasteiger charge is -2.45. The number of aryl methyl sites for hydroxylation is 1. The zero-order valence-electron chi connectivity index (χ0n) is 25.8. The van der Waals surface area contributed by atoms with Crippen LogP contribution in [0, 0.1) is 11.8 Å². The maximum absolute atomic E-state index is 13.3. The van der Waals surface area contributed by atoms with E-state index in [-0.39, 0.29) is 28.6 Å². The lowest BCUT2D eigenvalue weighted by Crippen LogP contribution is -2.49. The Morgan fingerprint density at radius 3 is 2.65 bits per heavy atom. The summed E-state index contributed by atoms with van der Waals surface area (Å²) in [6, 6.07) is 11.9. The van der Waals surface area contributed by atoms with E-state index in [4.69, 9.17) is 16.3 Å². The Labute approximate surface area is 264 Å². The third-order valence-corrected chi connectivity index (χ3v) is 11.7. The molecule has 6 rings (SSSR count). The van der Waals surface area contributed by atoms with E-state index in [9.17, 15) is 14.1 Å². The van der Waals surface area contributed by atoms with E-state index in [2.05, 4.69) is 26.5 Å². The van der Waals surface area contributed by atoms with Gasteiger partial charge in [-0.1, -0.05) is 37.4 Å². The number of amides is 1. The molecule has 9 heteroatoms. The minimum absolute atomic E-state index is 0.0918. The van der Waals surface area contributed by atoms with E-state index in [1.165, 1.54) is 11.1 Å². The molecule has 0 aromatic heterocycles. The molecule has 2 aromatic carbocycles. The van der Waals surface area contributed by atoms with Crippen molar-refractivity contribution in [2.24, 2.45) is 11.8 Å². The number of nitrogens with one attached hydrogen (secondary N) is 1. The fourth-order valence-corrected chi connectivity index (χ4v) is 8.85. The maximum Gasteiger partial charge on any atom is 0.263 e. The van der Waals surface area contributed by atoms with Gasteiger partial charge in [-0.3, -0.25) is 9.52 Å². The largest absolute Gasteiger partial charge is 0.490 e. The Morgan fingerprint density at radius 1 is 1.12 bits per heavy atom. The lowest BCUT2D eigenvalue weighted by molar-refractivity contribution is 0.00903. The van der Waals surface area contributed by atoms with E-state index in [0.717, 1.165) is 93.8 Å². The summed E-state index contributed by atoms with van der Waals surface area (Å²) in [5, 5.41) is 11.8. The summed E-state index contributed by atoms with van der Waals surface area (Å²) in [5.41, 5.74) is 3.84. The minimum Gasteiger partial charge on any atom is -0.490 e. The van der Waals surface area contributed by atoms with Crippen molar-refractivity contribution >= 4 is 34.2 Å². The average Bonchev–Trinajstić information content (AvgIpc) is 3.12. The molecule has 2 aliphatic carbocycles. The fourth-order valence-electron chi connectivity index (χ4n) is 7.50. The highest BCUT2D eigenvalue weighted by atomic mass is 35.5. The number of rotatable bonds is 1. The van der Waals surface area contributed by atoms with Crippen molar-refractivity contribution in [2.45, 2.75) is 87.9 Å². The molecule has 1 amide bonds. The number of ether oxygens (including phenoxy) is 2. The van der Waals surface area contributed by atoms with Crippen molar-refractivity contribution in [3.8, 4) is 5.75 Å². The van der Waals surface area contributed by atoms with Gasteiger partial charge in [0.05, 0.1) is 23.6 Å². The average molecular weight is 631 g/mol. The van der Waals surface area contributed by atoms with Crippen molar-refractivity contribution in [2.75, 3.05) is 38.8 Å². The topological polar surface area (TPSA) is 88.1 Å². The molecule has 0 radical (unpaired) electrons. The van der Waals surface area contributed by atoms with Gasteiger partial charge >= 0.3 is 0 Å². The molecule has 236 valence electrons. The second kappa shape index (κ2) is 14.3. The molecule has 2 aliphatic heterocycles. The van der Waals surface area contributed by atoms with Crippen LogP contribution < -0.4 is 14.4 Å². The first-order valence-electron chi connectivity index (χ1n) is 15.9. The van der Waals surface area contributed by atoms with E-state index in [0.29, 0.717) is 18.1 Å². The Kier molecular flexibility index (Phi) is 10.7. The molecule has 7 nitrogen and oxygen atoms in total. The van der Waals surface area contributed by atoms with E-state index in [1.807, 2.05) is 25.1 Å². The monoisotopic (exact) mass is 630 g/mol. The number of nitrogens with zero attached hydrogens (tertiary/aromatic N) is 1. The third-order valence-electron chi connectivity index (χ3n) is 9.95. The van der Waals surface area contributed by atoms with Gasteiger partial charge < -0.3 is 19.5 Å². The lowest BCUT2D eigenvalue weighted by atomic mass is 9.68. The number of carbonyl (C=O) groups is 1. The summed E-state index contributed by atoms with van der Waals surface area (Å²) < 4.78 is 26.7. The number of fused-ring (bicyclic) bond motifs is 4. The van der Waals surface area contributed by atoms with E-state index in [1.54, 1.807) is 20.3 Å². The normalized spacial score (nSPS) is 30.8. The minimum atomic E-state index is -1.46. The zero-order valence-corrected chi connectivity index (χ0v) is 27.4. The van der Waals surface area contributed by atoms with Crippen molar-refractivity contribution < 1.29 is 23.6 Å². The second-order valence-electron chi connectivity index (χ2n) is 12.8. The maximum atomic E-state index is 13.3. The highest BCUT2D eigenvalue weighted by Gasteiger charge is 2.44. The molecule has 6 atom stereocenters. The molecule has 1 spiro atoms. The molecule has 2 N–H and O–H groups in total. The van der Waals surface area contributed by atoms with Gasteiger partial charge in [-0.05, 0) is 105 Å². The van der Waals surface area contributed by atoms with E-state index >= 15 is 0 Å². The van der Waals surface area contributed by atoms with Gasteiger partial charge in [0, 0.05) is 43.3 Å². The molecule has 2 heterocycles. The standard InChI is InChI=1S/C32H41ClN2O4S.C2H6O/c1-2-25-7-3-4-8-29(36)26-12-9-23(26)18-35-19-32(15-5-6-21-16-24(33)11-13-27(21)32)20-39-30-14-10-22(17-28(30)35)31(37)34-40(25)38;1-3-2/h10-11,13-14,16-17,23,25-26,29,36H,2-9,12,15,18-20H2,1H3,(H,34,37);1-2H3/t23?,25?,26?,29?,32-,40?;/m0./s1. The molecule has 2 bridgehead atoms. The first-order chi connectivity index (χ1) is 20.8. The predicted octanol–water partition coefficient (Wildman–Crippen LogP) is 6.21. The van der Waals surface area contributed by atoms with Crippen molar-refractivity contribution in [3.63, 3.8) is 0 Å². The molecule has 5 unspecified atom stereocenters. The van der Waals surface area contributed by atoms with Crippen molar-refractivity contribution in [1.82, 2.24) is 4.72 Å². The number of hydrogen-bond donors (Lipinski definition) is 2. The van der Waals surface area contributed by atoms with Gasteiger partial charge in [-0.2, -0.15) is 0 Å². The summed E-state index contributed by atoms with van der Waals surface area (Å²) in [6.45, 7) is 4.18. The molecule has 1 saturated carbocycles. The van der Waals surface area contributed by atoms with Gasteiger partial charge in [0.15, 0.2) is 0 Å². The SMILES string of the molecule is CCC1CCCCC(O)C2CCC2CN2C[C@@]3(CCCc4cc(Cl)ccc43)COc3ccc(cc32)C(=O)NS1=O.COC. The Balaban J connectivity index is 0.00000118. The number of methoxy groups -OCH3 is 1. The molecular weight excluding hydrogens is 584 g/mol. The van der Waals surface area contributed by atoms with Crippen molar-refractivity contribution in [3.05, 3.63) is 58.1 Å². The molecule has 43 heavy (non-hydrogen) atoms. The molecular formula is C34H47ClN2O5S. The summed E-state index contributed by atoms with van der Waals surface area (Å²) in [5.74, 6) is 1.16. The number of aliphatic hydroxyl groups is 1. The van der Waals surface area contributed by atoms with Crippen LogP contribution in [0.1, 0.15) is 86.2 Å². The number of halogens is 1. The Morgan fingerprint density at radius 2 is 1.91 bits per heavy atom. The van der Waals surface area contributed by atoms with Crippen molar-refractivity contribution in [1.29, 1.82) is 0 Å². The van der Waals surface area contributed by atoms with Gasteiger partial charge in [-0.25, -0.2) is 4.21 Å². The Bertz CT molecular complexity index is 1310. The van der Waals surface area contributed by atoms with Gasteiger partial charge in [0.25, 0.3) is 5.91 Å². The molecule has 1 fully saturated rings. The first-order valence-corrected chi connectivity index (χ1v) is 17.5. The summed E-state index contributed by atoms with van der Waals surface area (Å²) in [6.07, 6.45) is 9.07. The predicted molar refractivity (Wildman–Crippen MR) is 174 cm³/mol. The van der Waals surface area contributed by atoms with Crippen LogP contribution >= 0.6 is 11.6 Å². The fraction of sp³-hybridized carbons (Fsp3) is 0.618. The van der Waals surface area contributed by atoms with Crippen LogP contribution in [0.15, 0.2) is 36.4 Å². The van der Waals surface area contributed by atoms with Gasteiger partial charge in [0.1, 0.15) is 16.7 Å².